The van der Waals surface area contributed by atoms with Crippen molar-refractivity contribution >= 4 is 51.2 Å². The quantitative estimate of drug-likeness (QED) is 0.422. The summed E-state index contributed by atoms with van der Waals surface area (Å²) in [5, 5.41) is 16.9. The van der Waals surface area contributed by atoms with E-state index >= 15 is 0 Å². The zero-order chi connectivity index (χ0) is 20.7. The van der Waals surface area contributed by atoms with Gasteiger partial charge in [-0.1, -0.05) is 17.7 Å². The van der Waals surface area contributed by atoms with E-state index in [2.05, 4.69) is 31.8 Å². The van der Waals surface area contributed by atoms with Crippen LogP contribution >= 0.6 is 27.5 Å². The molecule has 0 fully saturated rings. The van der Waals surface area contributed by atoms with E-state index in [1.54, 1.807) is 37.3 Å². The number of halogens is 2. The molecular weight excluding hydrogens is 450 g/mol. The van der Waals surface area contributed by atoms with Crippen LogP contribution in [0.4, 0.5) is 5.69 Å². The smallest absolute Gasteiger partial charge is 0.240 e. The van der Waals surface area contributed by atoms with Gasteiger partial charge in [-0.2, -0.15) is 5.10 Å². The summed E-state index contributed by atoms with van der Waals surface area (Å²) < 4.78 is 5.48. The molecule has 2 rings (SSSR count). The van der Waals surface area contributed by atoms with Gasteiger partial charge in [0.15, 0.2) is 11.5 Å². The lowest BCUT2D eigenvalue weighted by atomic mass is 10.2. The highest BCUT2D eigenvalue weighted by Gasteiger charge is 2.10. The van der Waals surface area contributed by atoms with E-state index in [0.29, 0.717) is 20.7 Å². The average molecular weight is 469 g/mol. The van der Waals surface area contributed by atoms with Crippen LogP contribution in [0.1, 0.15) is 24.0 Å². The number of carbonyl (C=O) groups is 2. The Morgan fingerprint density at radius 3 is 2.71 bits per heavy atom. The lowest BCUT2D eigenvalue weighted by Gasteiger charge is -2.09. The number of hydrogen-bond acceptors (Lipinski definition) is 5. The van der Waals surface area contributed by atoms with Crippen molar-refractivity contribution in [2.24, 2.45) is 5.10 Å². The maximum atomic E-state index is 12.0. The Balaban J connectivity index is 1.84. The predicted octanol–water partition coefficient (Wildman–Crippen LogP) is 3.99. The molecule has 0 atom stereocenters. The molecular formula is C19H19BrClN3O4. The van der Waals surface area contributed by atoms with Crippen molar-refractivity contribution in [3.63, 3.8) is 0 Å². The number of phenolic OH excluding ortho intramolecular Hbond substituents is 1. The van der Waals surface area contributed by atoms with Crippen molar-refractivity contribution in [1.29, 1.82) is 0 Å². The van der Waals surface area contributed by atoms with Crippen molar-refractivity contribution in [3.8, 4) is 11.5 Å². The third kappa shape index (κ3) is 5.97. The second kappa shape index (κ2) is 10.1. The Morgan fingerprint density at radius 1 is 1.29 bits per heavy atom. The summed E-state index contributed by atoms with van der Waals surface area (Å²) in [7, 11) is 1.43. The van der Waals surface area contributed by atoms with Gasteiger partial charge in [0.2, 0.25) is 11.8 Å². The summed E-state index contributed by atoms with van der Waals surface area (Å²) >= 11 is 9.22. The van der Waals surface area contributed by atoms with Crippen molar-refractivity contribution < 1.29 is 19.4 Å². The molecule has 7 nitrogen and oxygen atoms in total. The van der Waals surface area contributed by atoms with Crippen LogP contribution in [0, 0.1) is 6.92 Å². The summed E-state index contributed by atoms with van der Waals surface area (Å²) in [5.74, 6) is -0.449. The Hall–Kier alpha value is -2.58. The number of methoxy groups -OCH3 is 1. The number of hydrogen-bond donors (Lipinski definition) is 3. The maximum absolute atomic E-state index is 12.0. The molecule has 0 aromatic heterocycles. The SMILES string of the molecule is COc1cc(/C=N/NC(=O)CCC(=O)Nc2cccc(Cl)c2C)cc(Br)c1O. The van der Waals surface area contributed by atoms with Gasteiger partial charge in [-0.25, -0.2) is 5.43 Å². The number of nitrogens with one attached hydrogen (secondary N) is 2. The van der Waals surface area contributed by atoms with Gasteiger partial charge in [0.25, 0.3) is 0 Å². The first kappa shape index (κ1) is 21.7. The minimum Gasteiger partial charge on any atom is -0.503 e. The van der Waals surface area contributed by atoms with Crippen molar-refractivity contribution in [2.75, 3.05) is 12.4 Å². The van der Waals surface area contributed by atoms with E-state index in [9.17, 15) is 14.7 Å². The fraction of sp³-hybridized carbons (Fsp3) is 0.211. The second-order valence-electron chi connectivity index (χ2n) is 5.81. The Kier molecular flexibility index (Phi) is 7.83. The number of rotatable bonds is 7. The number of ether oxygens (including phenoxy) is 1. The molecule has 0 unspecified atom stereocenters. The standard InChI is InChI=1S/C19H19BrClN3O4/c1-11-14(21)4-3-5-15(11)23-17(25)6-7-18(26)24-22-10-12-8-13(20)19(27)16(9-12)28-2/h3-5,8-10,27H,6-7H2,1-2H3,(H,23,25)(H,24,26)/b22-10+. The van der Waals surface area contributed by atoms with Gasteiger partial charge < -0.3 is 15.2 Å². The van der Waals surface area contributed by atoms with Gasteiger partial charge in [-0.3, -0.25) is 9.59 Å². The minimum absolute atomic E-state index is 0.00584. The van der Waals surface area contributed by atoms with Crippen LogP contribution in [0.5, 0.6) is 11.5 Å². The molecule has 0 saturated carbocycles. The number of phenols is 1. The average Bonchev–Trinajstić information content (AvgIpc) is 2.66. The van der Waals surface area contributed by atoms with Crippen molar-refractivity contribution in [3.05, 3.63) is 51.0 Å². The normalized spacial score (nSPS) is 10.7. The van der Waals surface area contributed by atoms with Crippen LogP contribution in [0.15, 0.2) is 39.9 Å². The summed E-state index contributed by atoms with van der Waals surface area (Å²) in [6.45, 7) is 1.80. The van der Waals surface area contributed by atoms with Crippen LogP contribution in [0.2, 0.25) is 5.02 Å². The molecule has 28 heavy (non-hydrogen) atoms. The number of hydrazone groups is 1. The van der Waals surface area contributed by atoms with E-state index in [0.717, 1.165) is 5.56 Å². The number of amides is 2. The molecule has 2 aromatic carbocycles. The Bertz CT molecular complexity index is 918. The number of nitrogens with zero attached hydrogens (tertiary/aromatic N) is 1. The fourth-order valence-corrected chi connectivity index (χ4v) is 2.88. The van der Waals surface area contributed by atoms with Crippen LogP contribution in [0.25, 0.3) is 0 Å². The highest BCUT2D eigenvalue weighted by Crippen LogP contribution is 2.34. The Labute approximate surface area is 175 Å². The first-order chi connectivity index (χ1) is 13.3. The molecule has 2 aromatic rings. The summed E-state index contributed by atoms with van der Waals surface area (Å²) in [5.41, 5.74) is 4.34. The topological polar surface area (TPSA) is 100 Å². The highest BCUT2D eigenvalue weighted by atomic mass is 79.9. The molecule has 0 aliphatic heterocycles. The van der Waals surface area contributed by atoms with Gasteiger partial charge in [0, 0.05) is 23.6 Å². The summed E-state index contributed by atoms with van der Waals surface area (Å²) in [6.07, 6.45) is 1.39. The van der Waals surface area contributed by atoms with Crippen LogP contribution in [-0.4, -0.2) is 30.2 Å². The van der Waals surface area contributed by atoms with E-state index < -0.39 is 5.91 Å². The lowest BCUT2D eigenvalue weighted by molar-refractivity contribution is -0.124. The number of aromatic hydroxyl groups is 1. The molecule has 9 heteroatoms. The molecule has 0 radical (unpaired) electrons. The number of anilines is 1. The van der Waals surface area contributed by atoms with Gasteiger partial charge in [-0.05, 0) is 58.2 Å². The third-order valence-electron chi connectivity index (χ3n) is 3.79. The second-order valence-corrected chi connectivity index (χ2v) is 7.07. The zero-order valence-corrected chi connectivity index (χ0v) is 17.6. The minimum atomic E-state index is -0.404. The van der Waals surface area contributed by atoms with Gasteiger partial charge in [-0.15, -0.1) is 0 Å². The number of carbonyl (C=O) groups excluding carboxylic acids is 2. The molecule has 148 valence electrons. The van der Waals surface area contributed by atoms with Crippen LogP contribution < -0.4 is 15.5 Å². The Morgan fingerprint density at radius 2 is 2.00 bits per heavy atom. The van der Waals surface area contributed by atoms with E-state index in [1.807, 2.05) is 0 Å². The highest BCUT2D eigenvalue weighted by molar-refractivity contribution is 9.10. The van der Waals surface area contributed by atoms with E-state index in [-0.39, 0.29) is 30.2 Å². The zero-order valence-electron chi connectivity index (χ0n) is 15.3. The summed E-state index contributed by atoms with van der Waals surface area (Å²) in [4.78, 5) is 23.9. The predicted molar refractivity (Wildman–Crippen MR) is 112 cm³/mol. The van der Waals surface area contributed by atoms with Gasteiger partial charge in [0.05, 0.1) is 17.8 Å². The molecule has 0 spiro atoms. The molecule has 3 N–H and O–H groups in total. The van der Waals surface area contributed by atoms with E-state index in [4.69, 9.17) is 16.3 Å². The number of benzene rings is 2. The molecule has 2 amide bonds. The van der Waals surface area contributed by atoms with Crippen LogP contribution in [-0.2, 0) is 9.59 Å². The molecule has 0 bridgehead atoms. The molecule has 0 heterocycles. The molecule has 0 aliphatic carbocycles. The van der Waals surface area contributed by atoms with Crippen molar-refractivity contribution in [2.45, 2.75) is 19.8 Å². The largest absolute Gasteiger partial charge is 0.503 e. The van der Waals surface area contributed by atoms with Crippen LogP contribution in [0.3, 0.4) is 0 Å². The molecule has 0 saturated heterocycles. The summed E-state index contributed by atoms with van der Waals surface area (Å²) in [6, 6.07) is 8.40. The third-order valence-corrected chi connectivity index (χ3v) is 4.81. The molecule has 0 aliphatic rings. The first-order valence-corrected chi connectivity index (χ1v) is 9.42. The maximum Gasteiger partial charge on any atom is 0.240 e. The van der Waals surface area contributed by atoms with Gasteiger partial charge in [0.1, 0.15) is 0 Å². The van der Waals surface area contributed by atoms with Gasteiger partial charge >= 0.3 is 0 Å². The van der Waals surface area contributed by atoms with E-state index in [1.165, 1.54) is 13.3 Å². The monoisotopic (exact) mass is 467 g/mol. The lowest BCUT2D eigenvalue weighted by Crippen LogP contribution is -2.20. The first-order valence-electron chi connectivity index (χ1n) is 8.25. The van der Waals surface area contributed by atoms with Crippen molar-refractivity contribution in [1.82, 2.24) is 5.43 Å². The fourth-order valence-electron chi connectivity index (χ4n) is 2.24.